The molecule has 0 bridgehead atoms. The van der Waals surface area contributed by atoms with Crippen LogP contribution in [0.3, 0.4) is 0 Å². The van der Waals surface area contributed by atoms with Crippen LogP contribution in [0.25, 0.3) is 0 Å². The van der Waals surface area contributed by atoms with Crippen molar-refractivity contribution >= 4 is 11.9 Å². The Balaban J connectivity index is 1.96. The number of carbonyl (C=O) groups is 2. The summed E-state index contributed by atoms with van der Waals surface area (Å²) < 4.78 is 5.22. The summed E-state index contributed by atoms with van der Waals surface area (Å²) >= 11 is 0. The Morgan fingerprint density at radius 3 is 2.68 bits per heavy atom. The Morgan fingerprint density at radius 1 is 1.37 bits per heavy atom. The van der Waals surface area contributed by atoms with Gasteiger partial charge in [0.15, 0.2) is 0 Å². The molecule has 1 aliphatic heterocycles. The lowest BCUT2D eigenvalue weighted by Gasteiger charge is -2.17. The van der Waals surface area contributed by atoms with Gasteiger partial charge in [-0.3, -0.25) is 4.79 Å². The summed E-state index contributed by atoms with van der Waals surface area (Å²) in [5.41, 5.74) is 0.469. The highest BCUT2D eigenvalue weighted by molar-refractivity contribution is 5.96. The molecule has 102 valence electrons. The topological polar surface area (TPSA) is 75.6 Å². The number of hydrogen-bond acceptors (Lipinski definition) is 3. The Hall–Kier alpha value is -1.88. The number of carboxylic acids is 1. The van der Waals surface area contributed by atoms with Gasteiger partial charge in [-0.15, -0.1) is 0 Å². The number of nitrogens with one attached hydrogen (secondary N) is 1. The molecule has 0 saturated carbocycles. The van der Waals surface area contributed by atoms with E-state index in [9.17, 15) is 14.7 Å². The van der Waals surface area contributed by atoms with Crippen LogP contribution in [0.1, 0.15) is 23.2 Å². The highest BCUT2D eigenvalue weighted by Gasteiger charge is 2.26. The second-order valence-electron chi connectivity index (χ2n) is 4.70. The standard InChI is InChI=1S/C14H17NO4/c16-13(11-4-2-1-3-5-11)15-12(14(17)18)8-10-6-7-19-9-10/h1-5,10,12H,6-9H2,(H,15,16)(H,17,18)/t10-,12-/m1/s1. The summed E-state index contributed by atoms with van der Waals surface area (Å²) in [4.78, 5) is 23.1. The van der Waals surface area contributed by atoms with Gasteiger partial charge in [-0.1, -0.05) is 18.2 Å². The summed E-state index contributed by atoms with van der Waals surface area (Å²) in [5, 5.41) is 11.7. The lowest BCUT2D eigenvalue weighted by atomic mass is 9.99. The number of amides is 1. The molecule has 1 fully saturated rings. The van der Waals surface area contributed by atoms with E-state index in [4.69, 9.17) is 4.74 Å². The van der Waals surface area contributed by atoms with Gasteiger partial charge < -0.3 is 15.2 Å². The van der Waals surface area contributed by atoms with Crippen LogP contribution < -0.4 is 5.32 Å². The minimum atomic E-state index is -1.00. The molecule has 1 aromatic carbocycles. The predicted octanol–water partition coefficient (Wildman–Crippen LogP) is 1.30. The van der Waals surface area contributed by atoms with Crippen molar-refractivity contribution in [2.75, 3.05) is 13.2 Å². The number of rotatable bonds is 5. The third kappa shape index (κ3) is 3.79. The fourth-order valence-corrected chi connectivity index (χ4v) is 2.16. The summed E-state index contributed by atoms with van der Waals surface area (Å²) in [6.07, 6.45) is 1.26. The van der Waals surface area contributed by atoms with Crippen molar-refractivity contribution in [2.45, 2.75) is 18.9 Å². The molecule has 0 aliphatic carbocycles. The number of benzene rings is 1. The molecule has 2 N–H and O–H groups in total. The molecule has 1 heterocycles. The third-order valence-electron chi connectivity index (χ3n) is 3.23. The fraction of sp³-hybridized carbons (Fsp3) is 0.429. The number of aliphatic carboxylic acids is 1. The molecule has 0 aromatic heterocycles. The molecule has 2 atom stereocenters. The number of carbonyl (C=O) groups excluding carboxylic acids is 1. The van der Waals surface area contributed by atoms with Crippen LogP contribution in [-0.4, -0.2) is 36.2 Å². The molecule has 0 unspecified atom stereocenters. The van der Waals surface area contributed by atoms with Gasteiger partial charge in [0, 0.05) is 18.8 Å². The fourth-order valence-electron chi connectivity index (χ4n) is 2.16. The second-order valence-corrected chi connectivity index (χ2v) is 4.70. The summed E-state index contributed by atoms with van der Waals surface area (Å²) in [5.74, 6) is -1.15. The lowest BCUT2D eigenvalue weighted by Crippen LogP contribution is -2.42. The molecule has 1 aromatic rings. The van der Waals surface area contributed by atoms with E-state index in [1.54, 1.807) is 30.3 Å². The van der Waals surface area contributed by atoms with Gasteiger partial charge in [0.2, 0.25) is 0 Å². The van der Waals surface area contributed by atoms with E-state index in [0.717, 1.165) is 6.42 Å². The Bertz CT molecular complexity index is 440. The third-order valence-corrected chi connectivity index (χ3v) is 3.23. The minimum Gasteiger partial charge on any atom is -0.480 e. The van der Waals surface area contributed by atoms with E-state index >= 15 is 0 Å². The van der Waals surface area contributed by atoms with E-state index in [2.05, 4.69) is 5.32 Å². The first-order chi connectivity index (χ1) is 9.16. The smallest absolute Gasteiger partial charge is 0.326 e. The molecule has 5 heteroatoms. The average Bonchev–Trinajstić information content (AvgIpc) is 2.91. The van der Waals surface area contributed by atoms with E-state index in [0.29, 0.717) is 25.2 Å². The van der Waals surface area contributed by atoms with Crippen molar-refractivity contribution in [3.05, 3.63) is 35.9 Å². The summed E-state index contributed by atoms with van der Waals surface area (Å²) in [6.45, 7) is 1.24. The SMILES string of the molecule is O=C(N[C@H](C[C@H]1CCOC1)C(=O)O)c1ccccc1. The number of hydrogen-bond donors (Lipinski definition) is 2. The monoisotopic (exact) mass is 263 g/mol. The van der Waals surface area contributed by atoms with Crippen molar-refractivity contribution in [1.29, 1.82) is 0 Å². The largest absolute Gasteiger partial charge is 0.480 e. The van der Waals surface area contributed by atoms with Gasteiger partial charge in [-0.25, -0.2) is 4.79 Å². The van der Waals surface area contributed by atoms with Gasteiger partial charge in [0.05, 0.1) is 0 Å². The molecule has 19 heavy (non-hydrogen) atoms. The van der Waals surface area contributed by atoms with Crippen LogP contribution in [0.15, 0.2) is 30.3 Å². The van der Waals surface area contributed by atoms with Crippen molar-refractivity contribution in [2.24, 2.45) is 5.92 Å². The van der Waals surface area contributed by atoms with Gasteiger partial charge in [-0.05, 0) is 30.9 Å². The first-order valence-electron chi connectivity index (χ1n) is 6.33. The highest BCUT2D eigenvalue weighted by Crippen LogP contribution is 2.18. The zero-order valence-electron chi connectivity index (χ0n) is 10.5. The maximum atomic E-state index is 11.9. The van der Waals surface area contributed by atoms with Gasteiger partial charge in [-0.2, -0.15) is 0 Å². The molecule has 0 spiro atoms. The van der Waals surface area contributed by atoms with Crippen LogP contribution in [0.2, 0.25) is 0 Å². The summed E-state index contributed by atoms with van der Waals surface area (Å²) in [6, 6.07) is 7.76. The molecule has 1 amide bonds. The first-order valence-corrected chi connectivity index (χ1v) is 6.33. The second kappa shape index (κ2) is 6.33. The van der Waals surface area contributed by atoms with Crippen LogP contribution in [-0.2, 0) is 9.53 Å². The van der Waals surface area contributed by atoms with E-state index in [-0.39, 0.29) is 11.8 Å². The molecule has 0 radical (unpaired) electrons. The van der Waals surface area contributed by atoms with Crippen molar-refractivity contribution < 1.29 is 19.4 Å². The molecule has 1 aliphatic rings. The van der Waals surface area contributed by atoms with E-state index < -0.39 is 12.0 Å². The Labute approximate surface area is 111 Å². The van der Waals surface area contributed by atoms with Crippen molar-refractivity contribution in [3.8, 4) is 0 Å². The Morgan fingerprint density at radius 2 is 2.11 bits per heavy atom. The molecule has 2 rings (SSSR count). The zero-order valence-corrected chi connectivity index (χ0v) is 10.5. The van der Waals surface area contributed by atoms with Crippen LogP contribution in [0.5, 0.6) is 0 Å². The van der Waals surface area contributed by atoms with Crippen LogP contribution >= 0.6 is 0 Å². The normalized spacial score (nSPS) is 19.9. The first kappa shape index (κ1) is 13.5. The number of carboxylic acid groups (broad SMARTS) is 1. The quantitative estimate of drug-likeness (QED) is 0.839. The maximum Gasteiger partial charge on any atom is 0.326 e. The van der Waals surface area contributed by atoms with Gasteiger partial charge >= 0.3 is 5.97 Å². The highest BCUT2D eigenvalue weighted by atomic mass is 16.5. The van der Waals surface area contributed by atoms with Crippen LogP contribution in [0, 0.1) is 5.92 Å². The minimum absolute atomic E-state index is 0.206. The lowest BCUT2D eigenvalue weighted by molar-refractivity contribution is -0.139. The molecular weight excluding hydrogens is 246 g/mol. The van der Waals surface area contributed by atoms with E-state index in [1.165, 1.54) is 0 Å². The Kier molecular flexibility index (Phi) is 4.52. The van der Waals surface area contributed by atoms with Gasteiger partial charge in [0.25, 0.3) is 5.91 Å². The zero-order chi connectivity index (χ0) is 13.7. The molecule has 1 saturated heterocycles. The maximum absolute atomic E-state index is 11.9. The van der Waals surface area contributed by atoms with Crippen molar-refractivity contribution in [3.63, 3.8) is 0 Å². The summed E-state index contributed by atoms with van der Waals surface area (Å²) in [7, 11) is 0. The van der Waals surface area contributed by atoms with Gasteiger partial charge in [0.1, 0.15) is 6.04 Å². The molecule has 5 nitrogen and oxygen atoms in total. The predicted molar refractivity (Wildman–Crippen MR) is 68.9 cm³/mol. The van der Waals surface area contributed by atoms with E-state index in [1.807, 2.05) is 0 Å². The molecular formula is C14H17NO4. The van der Waals surface area contributed by atoms with Crippen molar-refractivity contribution in [1.82, 2.24) is 5.32 Å². The number of ether oxygens (including phenoxy) is 1. The average molecular weight is 263 g/mol. The van der Waals surface area contributed by atoms with Crippen LogP contribution in [0.4, 0.5) is 0 Å².